The number of aromatic nitrogens is 2. The van der Waals surface area contributed by atoms with Gasteiger partial charge >= 0.3 is 6.09 Å². The van der Waals surface area contributed by atoms with Crippen molar-refractivity contribution in [3.05, 3.63) is 17.8 Å². The molecule has 7 nitrogen and oxygen atoms in total. The molecule has 1 saturated heterocycles. The Hall–Kier alpha value is -2.36. The van der Waals surface area contributed by atoms with E-state index in [1.165, 1.54) is 4.90 Å². The van der Waals surface area contributed by atoms with Gasteiger partial charge in [0.25, 0.3) is 0 Å². The van der Waals surface area contributed by atoms with E-state index in [9.17, 15) is 4.79 Å². The minimum atomic E-state index is -0.892. The maximum Gasteiger partial charge on any atom is 0.407 e. The van der Waals surface area contributed by atoms with Gasteiger partial charge in [-0.3, -0.25) is 0 Å². The highest BCUT2D eigenvalue weighted by Gasteiger charge is 2.25. The van der Waals surface area contributed by atoms with Crippen LogP contribution in [0.3, 0.4) is 0 Å². The highest BCUT2D eigenvalue weighted by Crippen LogP contribution is 2.20. The van der Waals surface area contributed by atoms with Crippen molar-refractivity contribution in [1.82, 2.24) is 15.1 Å². The molecule has 0 spiro atoms. The summed E-state index contributed by atoms with van der Waals surface area (Å²) in [4.78, 5) is 14.3. The zero-order valence-electron chi connectivity index (χ0n) is 10.7. The largest absolute Gasteiger partial charge is 0.465 e. The minimum absolute atomic E-state index is 0.0556. The number of anilines is 1. The molecule has 7 heteroatoms. The van der Waals surface area contributed by atoms with Gasteiger partial charge in [-0.1, -0.05) is 0 Å². The van der Waals surface area contributed by atoms with Crippen LogP contribution < -0.4 is 4.90 Å². The quantitative estimate of drug-likeness (QED) is 0.851. The van der Waals surface area contributed by atoms with Gasteiger partial charge in [0, 0.05) is 26.2 Å². The fraction of sp³-hybridized carbons (Fsp3) is 0.500. The molecular weight excluding hydrogens is 246 g/mol. The van der Waals surface area contributed by atoms with Gasteiger partial charge in [0.05, 0.1) is 0 Å². The van der Waals surface area contributed by atoms with E-state index in [-0.39, 0.29) is 6.04 Å². The van der Waals surface area contributed by atoms with Crippen molar-refractivity contribution in [2.24, 2.45) is 0 Å². The van der Waals surface area contributed by atoms with Gasteiger partial charge in [0.1, 0.15) is 6.07 Å². The van der Waals surface area contributed by atoms with Crippen molar-refractivity contribution < 1.29 is 9.90 Å². The molecule has 0 aromatic carbocycles. The molecule has 0 bridgehead atoms. The van der Waals surface area contributed by atoms with E-state index in [2.05, 4.69) is 15.1 Å². The third-order valence-corrected chi connectivity index (χ3v) is 3.40. The summed E-state index contributed by atoms with van der Waals surface area (Å²) in [7, 11) is 1.60. The van der Waals surface area contributed by atoms with Crippen molar-refractivity contribution in [2.45, 2.75) is 18.9 Å². The summed E-state index contributed by atoms with van der Waals surface area (Å²) < 4.78 is 0. The van der Waals surface area contributed by atoms with Crippen LogP contribution in [0.4, 0.5) is 10.6 Å². The summed E-state index contributed by atoms with van der Waals surface area (Å²) in [6.07, 6.45) is 0.645. The van der Waals surface area contributed by atoms with E-state index < -0.39 is 6.09 Å². The average Bonchev–Trinajstić information content (AvgIpc) is 2.46. The van der Waals surface area contributed by atoms with Gasteiger partial charge in [0.15, 0.2) is 11.5 Å². The fourth-order valence-electron chi connectivity index (χ4n) is 2.19. The molecule has 1 aromatic heterocycles. The lowest BCUT2D eigenvalue weighted by Gasteiger charge is -2.35. The highest BCUT2D eigenvalue weighted by atomic mass is 16.4. The Bertz CT molecular complexity index is 488. The molecule has 19 heavy (non-hydrogen) atoms. The maximum absolute atomic E-state index is 10.9. The standard InChI is InChI=1S/C12H15N5O2/c1-16(12(18)19)10-4-6-17(7-5-10)11-3-2-9(8-13)14-15-11/h2-3,10H,4-7H2,1H3,(H,18,19). The fourth-order valence-corrected chi connectivity index (χ4v) is 2.19. The second-order valence-corrected chi connectivity index (χ2v) is 4.50. The Morgan fingerprint density at radius 3 is 2.63 bits per heavy atom. The zero-order valence-corrected chi connectivity index (χ0v) is 10.7. The van der Waals surface area contributed by atoms with Crippen molar-refractivity contribution in [3.63, 3.8) is 0 Å². The molecule has 1 aliphatic heterocycles. The predicted molar refractivity (Wildman–Crippen MR) is 67.8 cm³/mol. The number of hydrogen-bond donors (Lipinski definition) is 1. The summed E-state index contributed by atoms with van der Waals surface area (Å²) in [5.74, 6) is 0.732. The molecule has 0 saturated carbocycles. The third kappa shape index (κ3) is 2.91. The monoisotopic (exact) mass is 261 g/mol. The van der Waals surface area contributed by atoms with Crippen LogP contribution in [-0.2, 0) is 0 Å². The normalized spacial score (nSPS) is 15.9. The Kier molecular flexibility index (Phi) is 3.80. The van der Waals surface area contributed by atoms with Crippen molar-refractivity contribution in [2.75, 3.05) is 25.0 Å². The number of nitriles is 1. The van der Waals surface area contributed by atoms with Crippen LogP contribution in [0.5, 0.6) is 0 Å². The van der Waals surface area contributed by atoms with Crippen LogP contribution in [-0.4, -0.2) is 52.5 Å². The predicted octanol–water partition coefficient (Wildman–Crippen LogP) is 0.927. The first-order valence-corrected chi connectivity index (χ1v) is 6.06. The van der Waals surface area contributed by atoms with Crippen LogP contribution in [0, 0.1) is 11.3 Å². The Labute approximate surface area is 111 Å². The maximum atomic E-state index is 10.9. The van der Waals surface area contributed by atoms with Crippen molar-refractivity contribution in [3.8, 4) is 6.07 Å². The van der Waals surface area contributed by atoms with Crippen LogP contribution in [0.1, 0.15) is 18.5 Å². The number of rotatable bonds is 2. The van der Waals surface area contributed by atoms with Crippen LogP contribution in [0.15, 0.2) is 12.1 Å². The van der Waals surface area contributed by atoms with Gasteiger partial charge in [-0.15, -0.1) is 10.2 Å². The Balaban J connectivity index is 1.96. The molecule has 100 valence electrons. The van der Waals surface area contributed by atoms with E-state index >= 15 is 0 Å². The first kappa shape index (κ1) is 13.1. The molecule has 2 rings (SSSR count). The number of piperidine rings is 1. The van der Waals surface area contributed by atoms with E-state index in [1.54, 1.807) is 19.2 Å². The van der Waals surface area contributed by atoms with E-state index in [0.717, 1.165) is 31.7 Å². The lowest BCUT2D eigenvalue weighted by atomic mass is 10.0. The second-order valence-electron chi connectivity index (χ2n) is 4.50. The number of hydrogen-bond acceptors (Lipinski definition) is 5. The Morgan fingerprint density at radius 1 is 1.47 bits per heavy atom. The van der Waals surface area contributed by atoms with Crippen LogP contribution in [0.25, 0.3) is 0 Å². The third-order valence-electron chi connectivity index (χ3n) is 3.40. The molecular formula is C12H15N5O2. The summed E-state index contributed by atoms with van der Waals surface area (Å²) in [6, 6.07) is 5.39. The van der Waals surface area contributed by atoms with Gasteiger partial charge in [0.2, 0.25) is 0 Å². The lowest BCUT2D eigenvalue weighted by molar-refractivity contribution is 0.131. The minimum Gasteiger partial charge on any atom is -0.465 e. The first-order chi connectivity index (χ1) is 9.11. The molecule has 0 radical (unpaired) electrons. The van der Waals surface area contributed by atoms with Crippen molar-refractivity contribution in [1.29, 1.82) is 5.26 Å². The van der Waals surface area contributed by atoms with Crippen LogP contribution in [0.2, 0.25) is 0 Å². The summed E-state index contributed by atoms with van der Waals surface area (Å²) in [5, 5.41) is 25.4. The average molecular weight is 261 g/mol. The number of nitrogens with zero attached hydrogens (tertiary/aromatic N) is 5. The SMILES string of the molecule is CN(C(=O)O)C1CCN(c2ccc(C#N)nn2)CC1. The van der Waals surface area contributed by atoms with Gasteiger partial charge in [-0.25, -0.2) is 4.79 Å². The number of carboxylic acid groups (broad SMARTS) is 1. The highest BCUT2D eigenvalue weighted by molar-refractivity contribution is 5.65. The molecule has 1 fully saturated rings. The molecule has 2 heterocycles. The number of carbonyl (C=O) groups is 1. The molecule has 0 unspecified atom stereocenters. The molecule has 1 N–H and O–H groups in total. The number of amides is 1. The first-order valence-electron chi connectivity index (χ1n) is 6.06. The summed E-state index contributed by atoms with van der Waals surface area (Å²) in [5.41, 5.74) is 0.296. The van der Waals surface area contributed by atoms with Crippen molar-refractivity contribution >= 4 is 11.9 Å². The van der Waals surface area contributed by atoms with E-state index in [4.69, 9.17) is 10.4 Å². The van der Waals surface area contributed by atoms with Gasteiger partial charge < -0.3 is 14.9 Å². The second kappa shape index (κ2) is 5.52. The van der Waals surface area contributed by atoms with Crippen LogP contribution >= 0.6 is 0 Å². The lowest BCUT2D eigenvalue weighted by Crippen LogP contribution is -2.45. The summed E-state index contributed by atoms with van der Waals surface area (Å²) >= 11 is 0. The smallest absolute Gasteiger partial charge is 0.407 e. The Morgan fingerprint density at radius 2 is 2.16 bits per heavy atom. The molecule has 1 amide bonds. The van der Waals surface area contributed by atoms with Gasteiger partial charge in [-0.2, -0.15) is 5.26 Å². The van der Waals surface area contributed by atoms with Gasteiger partial charge in [-0.05, 0) is 25.0 Å². The molecule has 0 atom stereocenters. The molecule has 1 aromatic rings. The zero-order chi connectivity index (χ0) is 13.8. The molecule has 0 aliphatic carbocycles. The topological polar surface area (TPSA) is 93.4 Å². The molecule has 1 aliphatic rings. The van der Waals surface area contributed by atoms with E-state index in [1.807, 2.05) is 6.07 Å². The summed E-state index contributed by atoms with van der Waals surface area (Å²) in [6.45, 7) is 1.48. The van der Waals surface area contributed by atoms with E-state index in [0.29, 0.717) is 5.69 Å².